The number of carbonyl (C=O) groups is 1. The van der Waals surface area contributed by atoms with Gasteiger partial charge in [-0.05, 0) is 45.7 Å². The number of hydrogen-bond donors (Lipinski definition) is 2. The lowest BCUT2D eigenvalue weighted by molar-refractivity contribution is -0.122. The van der Waals surface area contributed by atoms with Gasteiger partial charge in [0.2, 0.25) is 5.91 Å². The molecular formula is C18H29IN4O. The number of nitrogens with one attached hydrogen (secondary N) is 2. The highest BCUT2D eigenvalue weighted by atomic mass is 127. The van der Waals surface area contributed by atoms with Crippen molar-refractivity contribution in [3.8, 4) is 0 Å². The number of aliphatic imine (C=N–C) groups is 1. The lowest BCUT2D eigenvalue weighted by Gasteiger charge is -2.23. The van der Waals surface area contributed by atoms with Crippen LogP contribution in [0.5, 0.6) is 0 Å². The van der Waals surface area contributed by atoms with Crippen molar-refractivity contribution in [3.05, 3.63) is 29.8 Å². The van der Waals surface area contributed by atoms with Gasteiger partial charge >= 0.3 is 0 Å². The van der Waals surface area contributed by atoms with Crippen LogP contribution in [0, 0.1) is 0 Å². The molecule has 1 aliphatic heterocycles. The Morgan fingerprint density at radius 1 is 1.29 bits per heavy atom. The number of hydrogen-bond acceptors (Lipinski definition) is 2. The molecule has 1 heterocycles. The fourth-order valence-corrected chi connectivity index (χ4v) is 2.70. The summed E-state index contributed by atoms with van der Waals surface area (Å²) in [5.41, 5.74) is 2.37. The summed E-state index contributed by atoms with van der Waals surface area (Å²) in [6.45, 7) is 10.2. The van der Waals surface area contributed by atoms with E-state index in [-0.39, 0.29) is 35.4 Å². The average molecular weight is 444 g/mol. The molecule has 6 heteroatoms. The molecule has 1 aromatic carbocycles. The maximum absolute atomic E-state index is 11.9. The molecule has 0 fully saturated rings. The Morgan fingerprint density at radius 3 is 2.67 bits per heavy atom. The van der Waals surface area contributed by atoms with E-state index in [9.17, 15) is 4.79 Å². The van der Waals surface area contributed by atoms with Crippen molar-refractivity contribution in [2.24, 2.45) is 4.99 Å². The number of amides is 1. The van der Waals surface area contributed by atoms with Crippen molar-refractivity contribution in [2.75, 3.05) is 24.5 Å². The molecule has 134 valence electrons. The number of benzene rings is 1. The van der Waals surface area contributed by atoms with Crippen LogP contribution in [0.15, 0.2) is 29.3 Å². The van der Waals surface area contributed by atoms with Gasteiger partial charge in [0.25, 0.3) is 0 Å². The molecule has 0 aromatic heterocycles. The number of para-hydroxylation sites is 1. The first-order chi connectivity index (χ1) is 10.9. The first-order valence-corrected chi connectivity index (χ1v) is 8.35. The fourth-order valence-electron chi connectivity index (χ4n) is 2.70. The van der Waals surface area contributed by atoms with Crippen LogP contribution in [-0.2, 0) is 11.2 Å². The Labute approximate surface area is 162 Å². The van der Waals surface area contributed by atoms with Crippen LogP contribution in [0.1, 0.15) is 39.7 Å². The number of halogens is 1. The number of nitrogens with zero attached hydrogens (tertiary/aromatic N) is 2. The molecule has 0 radical (unpaired) electrons. The van der Waals surface area contributed by atoms with E-state index in [0.29, 0.717) is 13.0 Å². The van der Waals surface area contributed by atoms with Crippen LogP contribution < -0.4 is 15.5 Å². The second-order valence-electron chi connectivity index (χ2n) is 6.81. The maximum Gasteiger partial charge on any atom is 0.222 e. The topological polar surface area (TPSA) is 56.7 Å². The minimum atomic E-state index is -0.195. The van der Waals surface area contributed by atoms with Gasteiger partial charge in [-0.3, -0.25) is 9.79 Å². The van der Waals surface area contributed by atoms with Gasteiger partial charge in [-0.2, -0.15) is 0 Å². The molecule has 5 nitrogen and oxygen atoms in total. The van der Waals surface area contributed by atoms with Gasteiger partial charge in [-0.25, -0.2) is 0 Å². The van der Waals surface area contributed by atoms with Crippen molar-refractivity contribution in [1.29, 1.82) is 0 Å². The predicted octanol–water partition coefficient (Wildman–Crippen LogP) is 2.94. The summed E-state index contributed by atoms with van der Waals surface area (Å²) in [5.74, 6) is 0.903. The smallest absolute Gasteiger partial charge is 0.222 e. The van der Waals surface area contributed by atoms with Crippen molar-refractivity contribution in [1.82, 2.24) is 10.6 Å². The molecule has 0 saturated carbocycles. The van der Waals surface area contributed by atoms with E-state index in [1.165, 1.54) is 11.3 Å². The molecule has 2 rings (SSSR count). The molecule has 0 aliphatic carbocycles. The summed E-state index contributed by atoms with van der Waals surface area (Å²) >= 11 is 0. The third kappa shape index (κ3) is 5.96. The summed E-state index contributed by atoms with van der Waals surface area (Å²) in [7, 11) is 0. The summed E-state index contributed by atoms with van der Waals surface area (Å²) in [6.07, 6.45) is 1.44. The molecule has 0 bridgehead atoms. The highest BCUT2D eigenvalue weighted by Gasteiger charge is 2.22. The van der Waals surface area contributed by atoms with Gasteiger partial charge in [-0.1, -0.05) is 18.2 Å². The van der Waals surface area contributed by atoms with Gasteiger partial charge < -0.3 is 15.5 Å². The van der Waals surface area contributed by atoms with Crippen molar-refractivity contribution in [2.45, 2.75) is 46.1 Å². The molecule has 2 N–H and O–H groups in total. The Balaban J connectivity index is 0.00000288. The van der Waals surface area contributed by atoms with Crippen LogP contribution in [0.25, 0.3) is 0 Å². The molecule has 0 atom stereocenters. The zero-order chi connectivity index (χ0) is 16.9. The highest BCUT2D eigenvalue weighted by Crippen LogP contribution is 2.27. The first-order valence-electron chi connectivity index (χ1n) is 8.35. The SMILES string of the molecule is CCNC(=NCCC(=O)NC(C)(C)C)N1CCc2ccccc21.I. The monoisotopic (exact) mass is 444 g/mol. The molecule has 0 unspecified atom stereocenters. The van der Waals surface area contributed by atoms with Crippen molar-refractivity contribution >= 4 is 41.5 Å². The molecule has 1 amide bonds. The van der Waals surface area contributed by atoms with Gasteiger partial charge in [-0.15, -0.1) is 24.0 Å². The molecule has 0 spiro atoms. The summed E-state index contributed by atoms with van der Waals surface area (Å²) in [6, 6.07) is 8.41. The number of fused-ring (bicyclic) bond motifs is 1. The molecule has 0 saturated heterocycles. The van der Waals surface area contributed by atoms with Gasteiger partial charge in [0, 0.05) is 30.7 Å². The third-order valence-electron chi connectivity index (χ3n) is 3.59. The van der Waals surface area contributed by atoms with Gasteiger partial charge in [0.1, 0.15) is 0 Å². The Bertz CT molecular complexity index is 581. The molecular weight excluding hydrogens is 415 g/mol. The van der Waals surface area contributed by atoms with Crippen LogP contribution in [0.3, 0.4) is 0 Å². The lowest BCUT2D eigenvalue weighted by atomic mass is 10.1. The number of carbonyl (C=O) groups excluding carboxylic acids is 1. The first kappa shape index (κ1) is 20.7. The summed E-state index contributed by atoms with van der Waals surface area (Å²) in [4.78, 5) is 18.7. The van der Waals surface area contributed by atoms with Crippen LogP contribution in [0.4, 0.5) is 5.69 Å². The second kappa shape index (κ2) is 9.25. The quantitative estimate of drug-likeness (QED) is 0.427. The zero-order valence-electron chi connectivity index (χ0n) is 15.1. The lowest BCUT2D eigenvalue weighted by Crippen LogP contribution is -2.42. The normalized spacial score (nSPS) is 14.0. The minimum absolute atomic E-state index is 0. The summed E-state index contributed by atoms with van der Waals surface area (Å²) in [5, 5.41) is 6.30. The van der Waals surface area contributed by atoms with Crippen LogP contribution >= 0.6 is 24.0 Å². The van der Waals surface area contributed by atoms with E-state index in [2.05, 4.69) is 51.7 Å². The van der Waals surface area contributed by atoms with E-state index < -0.39 is 0 Å². The van der Waals surface area contributed by atoms with E-state index in [1.807, 2.05) is 20.8 Å². The average Bonchev–Trinajstić information content (AvgIpc) is 2.88. The number of guanidine groups is 1. The van der Waals surface area contributed by atoms with E-state index in [4.69, 9.17) is 0 Å². The third-order valence-corrected chi connectivity index (χ3v) is 3.59. The van der Waals surface area contributed by atoms with E-state index in [0.717, 1.165) is 25.5 Å². The minimum Gasteiger partial charge on any atom is -0.356 e. The predicted molar refractivity (Wildman–Crippen MR) is 111 cm³/mol. The van der Waals surface area contributed by atoms with Crippen molar-refractivity contribution < 1.29 is 4.79 Å². The Morgan fingerprint density at radius 2 is 2.00 bits per heavy atom. The highest BCUT2D eigenvalue weighted by molar-refractivity contribution is 14.0. The van der Waals surface area contributed by atoms with Gasteiger partial charge in [0.15, 0.2) is 5.96 Å². The number of anilines is 1. The molecule has 24 heavy (non-hydrogen) atoms. The number of rotatable bonds is 4. The Hall–Kier alpha value is -1.31. The Kier molecular flexibility index (Phi) is 7.99. The molecule has 1 aliphatic rings. The van der Waals surface area contributed by atoms with E-state index >= 15 is 0 Å². The fraction of sp³-hybridized carbons (Fsp3) is 0.556. The van der Waals surface area contributed by atoms with E-state index in [1.54, 1.807) is 0 Å². The van der Waals surface area contributed by atoms with Crippen LogP contribution in [-0.4, -0.2) is 37.0 Å². The standard InChI is InChI=1S/C18H28N4O.HI/c1-5-19-17(20-12-10-16(23)21-18(2,3)4)22-13-11-14-8-6-7-9-15(14)22;/h6-9H,5,10-13H2,1-4H3,(H,19,20)(H,21,23);1H. The van der Waals surface area contributed by atoms with Crippen molar-refractivity contribution in [3.63, 3.8) is 0 Å². The molecule has 1 aromatic rings. The zero-order valence-corrected chi connectivity index (χ0v) is 17.4. The second-order valence-corrected chi connectivity index (χ2v) is 6.81. The van der Waals surface area contributed by atoms with Gasteiger partial charge in [0.05, 0.1) is 6.54 Å². The summed E-state index contributed by atoms with van der Waals surface area (Å²) < 4.78 is 0. The maximum atomic E-state index is 11.9. The van der Waals surface area contributed by atoms with Crippen LogP contribution in [0.2, 0.25) is 0 Å². The largest absolute Gasteiger partial charge is 0.356 e.